The Labute approximate surface area is 110 Å². The summed E-state index contributed by atoms with van der Waals surface area (Å²) in [6, 6.07) is 5.15. The van der Waals surface area contributed by atoms with Crippen LogP contribution in [0.25, 0.3) is 11.0 Å². The smallest absolute Gasteiger partial charge is 0.336 e. The number of nitrogens with one attached hydrogen (secondary N) is 1. The maximum Gasteiger partial charge on any atom is 0.336 e. The number of carboxylic acid groups (broad SMARTS) is 1. The molecule has 0 aliphatic carbocycles. The van der Waals surface area contributed by atoms with Gasteiger partial charge < -0.3 is 14.8 Å². The molecule has 1 aliphatic rings. The van der Waals surface area contributed by atoms with Crippen molar-refractivity contribution in [2.24, 2.45) is 0 Å². The molecule has 0 saturated carbocycles. The lowest BCUT2D eigenvalue weighted by Gasteiger charge is -2.26. The maximum atomic E-state index is 11.3. The van der Waals surface area contributed by atoms with Crippen LogP contribution in [0.15, 0.2) is 28.9 Å². The van der Waals surface area contributed by atoms with Gasteiger partial charge in [-0.2, -0.15) is 0 Å². The Balaban J connectivity index is 1.96. The first-order valence-electron chi connectivity index (χ1n) is 6.41. The molecule has 19 heavy (non-hydrogen) atoms. The summed E-state index contributed by atoms with van der Waals surface area (Å²) in [5.74, 6) is -0.909. The fourth-order valence-electron chi connectivity index (χ4n) is 2.56. The minimum Gasteiger partial charge on any atom is -0.478 e. The fraction of sp³-hybridized carbons (Fsp3) is 0.357. The Morgan fingerprint density at radius 2 is 2.16 bits per heavy atom. The van der Waals surface area contributed by atoms with E-state index in [9.17, 15) is 9.90 Å². The van der Waals surface area contributed by atoms with Crippen LogP contribution < -0.4 is 5.32 Å². The van der Waals surface area contributed by atoms with Gasteiger partial charge in [-0.1, -0.05) is 6.07 Å². The summed E-state index contributed by atoms with van der Waals surface area (Å²) < 4.78 is 5.48. The van der Waals surface area contributed by atoms with Crippen LogP contribution in [0.2, 0.25) is 0 Å². The minimum atomic E-state index is -0.909. The van der Waals surface area contributed by atoms with Crippen molar-refractivity contribution in [1.82, 2.24) is 10.2 Å². The zero-order chi connectivity index (χ0) is 13.2. The summed E-state index contributed by atoms with van der Waals surface area (Å²) in [6.07, 6.45) is 1.68. The van der Waals surface area contributed by atoms with Gasteiger partial charge in [0.2, 0.25) is 0 Å². The number of rotatable bonds is 3. The second-order valence-electron chi connectivity index (χ2n) is 4.77. The Morgan fingerprint density at radius 3 is 2.89 bits per heavy atom. The number of aromatic carboxylic acids is 1. The SMILES string of the molecule is O=C(O)c1cccc2occ(CN3CCNCC3)c12. The van der Waals surface area contributed by atoms with Gasteiger partial charge in [0.05, 0.1) is 11.8 Å². The van der Waals surface area contributed by atoms with Crippen LogP contribution in [0.5, 0.6) is 0 Å². The average Bonchev–Trinajstić information content (AvgIpc) is 2.83. The third kappa shape index (κ3) is 2.34. The number of benzene rings is 1. The zero-order valence-electron chi connectivity index (χ0n) is 10.6. The van der Waals surface area contributed by atoms with E-state index in [2.05, 4.69) is 10.2 Å². The lowest BCUT2D eigenvalue weighted by molar-refractivity contribution is 0.0699. The molecule has 1 aliphatic heterocycles. The van der Waals surface area contributed by atoms with E-state index in [1.165, 1.54) is 0 Å². The number of hydrogen-bond acceptors (Lipinski definition) is 4. The van der Waals surface area contributed by atoms with E-state index in [-0.39, 0.29) is 0 Å². The van der Waals surface area contributed by atoms with Gasteiger partial charge in [-0.05, 0) is 12.1 Å². The minimum absolute atomic E-state index is 0.316. The summed E-state index contributed by atoms with van der Waals surface area (Å²) in [5.41, 5.74) is 1.91. The second kappa shape index (κ2) is 5.03. The van der Waals surface area contributed by atoms with Gasteiger partial charge in [-0.3, -0.25) is 4.90 Å². The maximum absolute atomic E-state index is 11.3. The molecular weight excluding hydrogens is 244 g/mol. The monoisotopic (exact) mass is 260 g/mol. The van der Waals surface area contributed by atoms with Crippen LogP contribution in [0.1, 0.15) is 15.9 Å². The molecule has 100 valence electrons. The number of fused-ring (bicyclic) bond motifs is 1. The first-order valence-corrected chi connectivity index (χ1v) is 6.41. The quantitative estimate of drug-likeness (QED) is 0.876. The van der Waals surface area contributed by atoms with Crippen molar-refractivity contribution >= 4 is 16.9 Å². The highest BCUT2D eigenvalue weighted by Gasteiger charge is 2.18. The molecule has 1 saturated heterocycles. The van der Waals surface area contributed by atoms with Crippen LogP contribution in [0.4, 0.5) is 0 Å². The molecule has 0 atom stereocenters. The van der Waals surface area contributed by atoms with Crippen molar-refractivity contribution in [2.45, 2.75) is 6.54 Å². The van der Waals surface area contributed by atoms with Crippen LogP contribution in [-0.4, -0.2) is 42.2 Å². The summed E-state index contributed by atoms with van der Waals surface area (Å²) in [6.45, 7) is 4.63. The highest BCUT2D eigenvalue weighted by molar-refractivity contribution is 6.03. The van der Waals surface area contributed by atoms with Crippen molar-refractivity contribution in [2.75, 3.05) is 26.2 Å². The van der Waals surface area contributed by atoms with Crippen molar-refractivity contribution in [1.29, 1.82) is 0 Å². The number of carbonyl (C=O) groups is 1. The molecule has 2 heterocycles. The third-order valence-corrected chi connectivity index (χ3v) is 3.51. The van der Waals surface area contributed by atoms with E-state index in [1.807, 2.05) is 6.07 Å². The molecular formula is C14H16N2O3. The first kappa shape index (κ1) is 12.2. The topological polar surface area (TPSA) is 65.7 Å². The van der Waals surface area contributed by atoms with Gasteiger partial charge in [-0.15, -0.1) is 0 Å². The highest BCUT2D eigenvalue weighted by atomic mass is 16.4. The number of furan rings is 1. The summed E-state index contributed by atoms with van der Waals surface area (Å²) in [5, 5.41) is 13.3. The van der Waals surface area contributed by atoms with E-state index in [1.54, 1.807) is 18.4 Å². The molecule has 0 unspecified atom stereocenters. The van der Waals surface area contributed by atoms with Crippen LogP contribution in [-0.2, 0) is 6.54 Å². The summed E-state index contributed by atoms with van der Waals surface area (Å²) >= 11 is 0. The largest absolute Gasteiger partial charge is 0.478 e. The van der Waals surface area contributed by atoms with E-state index in [0.29, 0.717) is 11.1 Å². The summed E-state index contributed by atoms with van der Waals surface area (Å²) in [4.78, 5) is 13.6. The van der Waals surface area contributed by atoms with Crippen LogP contribution in [0, 0.1) is 0 Å². The Kier molecular flexibility index (Phi) is 3.23. The van der Waals surface area contributed by atoms with E-state index in [4.69, 9.17) is 4.42 Å². The molecule has 0 bridgehead atoms. The van der Waals surface area contributed by atoms with E-state index < -0.39 is 5.97 Å². The fourth-order valence-corrected chi connectivity index (χ4v) is 2.56. The number of nitrogens with zero attached hydrogens (tertiary/aromatic N) is 1. The molecule has 5 heteroatoms. The Hall–Kier alpha value is -1.85. The molecule has 5 nitrogen and oxygen atoms in total. The molecule has 0 spiro atoms. The van der Waals surface area contributed by atoms with Crippen molar-refractivity contribution in [3.8, 4) is 0 Å². The standard InChI is InChI=1S/C14H16N2O3/c17-14(18)11-2-1-3-12-13(11)10(9-19-12)8-16-6-4-15-5-7-16/h1-3,9,15H,4-8H2,(H,17,18). The van der Waals surface area contributed by atoms with E-state index in [0.717, 1.165) is 43.7 Å². The van der Waals surface area contributed by atoms with Gasteiger partial charge >= 0.3 is 5.97 Å². The normalized spacial score (nSPS) is 16.8. The van der Waals surface area contributed by atoms with Gasteiger partial charge in [-0.25, -0.2) is 4.79 Å². The van der Waals surface area contributed by atoms with Crippen molar-refractivity contribution in [3.05, 3.63) is 35.6 Å². The number of carboxylic acids is 1. The zero-order valence-corrected chi connectivity index (χ0v) is 10.6. The lowest BCUT2D eigenvalue weighted by atomic mass is 10.1. The van der Waals surface area contributed by atoms with Crippen LogP contribution in [0.3, 0.4) is 0 Å². The molecule has 3 rings (SSSR count). The van der Waals surface area contributed by atoms with Crippen molar-refractivity contribution < 1.29 is 14.3 Å². The van der Waals surface area contributed by atoms with Gasteiger partial charge in [0.1, 0.15) is 5.58 Å². The first-order chi connectivity index (χ1) is 9.25. The second-order valence-corrected chi connectivity index (χ2v) is 4.77. The molecule has 1 aromatic carbocycles. The predicted octanol–water partition coefficient (Wildman–Crippen LogP) is 1.54. The average molecular weight is 260 g/mol. The molecule has 0 radical (unpaired) electrons. The van der Waals surface area contributed by atoms with Gasteiger partial charge in [0.25, 0.3) is 0 Å². The molecule has 0 amide bonds. The van der Waals surface area contributed by atoms with Crippen LogP contribution >= 0.6 is 0 Å². The highest BCUT2D eigenvalue weighted by Crippen LogP contribution is 2.26. The predicted molar refractivity (Wildman–Crippen MR) is 71.3 cm³/mol. The molecule has 2 aromatic rings. The Bertz CT molecular complexity index is 600. The lowest BCUT2D eigenvalue weighted by Crippen LogP contribution is -2.42. The number of piperazine rings is 1. The molecule has 1 aromatic heterocycles. The molecule has 2 N–H and O–H groups in total. The van der Waals surface area contributed by atoms with Gasteiger partial charge in [0.15, 0.2) is 0 Å². The number of hydrogen-bond donors (Lipinski definition) is 2. The Morgan fingerprint density at radius 1 is 1.37 bits per heavy atom. The molecule has 1 fully saturated rings. The van der Waals surface area contributed by atoms with E-state index >= 15 is 0 Å². The van der Waals surface area contributed by atoms with Gasteiger partial charge in [0, 0.05) is 43.7 Å². The third-order valence-electron chi connectivity index (χ3n) is 3.51. The van der Waals surface area contributed by atoms with Crippen molar-refractivity contribution in [3.63, 3.8) is 0 Å². The summed E-state index contributed by atoms with van der Waals surface area (Å²) in [7, 11) is 0.